The van der Waals surface area contributed by atoms with E-state index in [-0.39, 0.29) is 12.5 Å². The fourth-order valence-electron chi connectivity index (χ4n) is 2.40. The fourth-order valence-corrected chi connectivity index (χ4v) is 2.83. The van der Waals surface area contributed by atoms with E-state index in [1.807, 2.05) is 18.4 Å². The molecule has 0 aliphatic heterocycles. The second-order valence-electron chi connectivity index (χ2n) is 5.28. The molecule has 6 nitrogen and oxygen atoms in total. The molecule has 0 bridgehead atoms. The van der Waals surface area contributed by atoms with Crippen molar-refractivity contribution in [1.82, 2.24) is 5.32 Å². The van der Waals surface area contributed by atoms with Crippen LogP contribution in [0.2, 0.25) is 0 Å². The topological polar surface area (TPSA) is 73.9 Å². The van der Waals surface area contributed by atoms with Gasteiger partial charge in [-0.3, -0.25) is 4.79 Å². The Kier molecular flexibility index (Phi) is 6.91. The number of hydrogen-bond acceptors (Lipinski definition) is 6. The molecule has 0 atom stereocenters. The lowest BCUT2D eigenvalue weighted by Gasteiger charge is -2.12. The predicted molar refractivity (Wildman–Crippen MR) is 100 cm³/mol. The van der Waals surface area contributed by atoms with E-state index in [2.05, 4.69) is 5.32 Å². The minimum Gasteiger partial charge on any atom is -0.496 e. The maximum absolute atomic E-state index is 12.5. The summed E-state index contributed by atoms with van der Waals surface area (Å²) in [6.45, 7) is 0.250. The van der Waals surface area contributed by atoms with Crippen LogP contribution in [0.3, 0.4) is 0 Å². The van der Waals surface area contributed by atoms with E-state index in [0.29, 0.717) is 22.6 Å². The average Bonchev–Trinajstić information content (AvgIpc) is 2.70. The van der Waals surface area contributed by atoms with Crippen molar-refractivity contribution in [3.8, 4) is 11.5 Å². The summed E-state index contributed by atoms with van der Waals surface area (Å²) in [5.74, 6) is 0.176. The molecular formula is C19H21NO5S. The van der Waals surface area contributed by atoms with Crippen LogP contribution in [0.15, 0.2) is 41.3 Å². The zero-order valence-corrected chi connectivity index (χ0v) is 15.9. The van der Waals surface area contributed by atoms with Crippen LogP contribution in [-0.4, -0.2) is 39.5 Å². The van der Waals surface area contributed by atoms with Gasteiger partial charge in [-0.15, -0.1) is 11.8 Å². The molecule has 26 heavy (non-hydrogen) atoms. The Hall–Kier alpha value is -2.67. The van der Waals surface area contributed by atoms with Crippen LogP contribution in [0.4, 0.5) is 0 Å². The van der Waals surface area contributed by atoms with Crippen molar-refractivity contribution in [2.24, 2.45) is 0 Å². The van der Waals surface area contributed by atoms with Gasteiger partial charge in [0.2, 0.25) is 0 Å². The quantitative estimate of drug-likeness (QED) is 0.592. The largest absolute Gasteiger partial charge is 0.496 e. The lowest BCUT2D eigenvalue weighted by Crippen LogP contribution is -2.23. The van der Waals surface area contributed by atoms with E-state index in [1.165, 1.54) is 21.3 Å². The summed E-state index contributed by atoms with van der Waals surface area (Å²) in [6.07, 6.45) is 1.96. The van der Waals surface area contributed by atoms with Crippen LogP contribution in [-0.2, 0) is 11.3 Å². The first-order chi connectivity index (χ1) is 12.5. The Bertz CT molecular complexity index is 807. The monoisotopic (exact) mass is 375 g/mol. The standard InChI is InChI=1S/C19H21NO5S/c1-23-16-8-5-12(9-15(16)19(22)25-3)11-20-18(21)14-7-6-13(26-4)10-17(14)24-2/h5-10H,11H2,1-4H3,(H,20,21). The highest BCUT2D eigenvalue weighted by Crippen LogP contribution is 2.25. The molecule has 0 saturated heterocycles. The summed E-state index contributed by atoms with van der Waals surface area (Å²) in [5, 5.41) is 2.83. The predicted octanol–water partition coefficient (Wildman–Crippen LogP) is 3.14. The van der Waals surface area contributed by atoms with Gasteiger partial charge in [0.05, 0.1) is 26.9 Å². The molecule has 2 aromatic rings. The van der Waals surface area contributed by atoms with Gasteiger partial charge in [-0.2, -0.15) is 0 Å². The molecule has 0 heterocycles. The SMILES string of the molecule is COC(=O)c1cc(CNC(=O)c2ccc(SC)cc2OC)ccc1OC. The Morgan fingerprint density at radius 2 is 1.69 bits per heavy atom. The summed E-state index contributed by atoms with van der Waals surface area (Å²) >= 11 is 1.57. The highest BCUT2D eigenvalue weighted by Gasteiger charge is 2.15. The third-order valence-corrected chi connectivity index (χ3v) is 4.50. The number of rotatable bonds is 7. The van der Waals surface area contributed by atoms with E-state index in [9.17, 15) is 9.59 Å². The fraction of sp³-hybridized carbons (Fsp3) is 0.263. The first-order valence-electron chi connectivity index (χ1n) is 7.79. The molecule has 0 aliphatic carbocycles. The molecule has 7 heteroatoms. The molecule has 0 fully saturated rings. The van der Waals surface area contributed by atoms with Crippen molar-refractivity contribution in [3.05, 3.63) is 53.1 Å². The van der Waals surface area contributed by atoms with Gasteiger partial charge in [0.15, 0.2) is 0 Å². The van der Waals surface area contributed by atoms with Crippen molar-refractivity contribution >= 4 is 23.6 Å². The van der Waals surface area contributed by atoms with Gasteiger partial charge in [0.1, 0.15) is 17.1 Å². The summed E-state index contributed by atoms with van der Waals surface area (Å²) < 4.78 is 15.2. The molecule has 2 aromatic carbocycles. The maximum atomic E-state index is 12.5. The van der Waals surface area contributed by atoms with E-state index in [4.69, 9.17) is 14.2 Å². The number of benzene rings is 2. The van der Waals surface area contributed by atoms with Gasteiger partial charge in [0, 0.05) is 11.4 Å². The molecule has 0 spiro atoms. The molecule has 138 valence electrons. The zero-order chi connectivity index (χ0) is 19.1. The van der Waals surface area contributed by atoms with Gasteiger partial charge in [-0.05, 0) is 42.2 Å². The Labute approximate surface area is 156 Å². The van der Waals surface area contributed by atoms with Crippen LogP contribution in [0.1, 0.15) is 26.3 Å². The number of methoxy groups -OCH3 is 3. The Balaban J connectivity index is 2.16. The highest BCUT2D eigenvalue weighted by molar-refractivity contribution is 7.98. The molecule has 1 N–H and O–H groups in total. The third-order valence-electron chi connectivity index (χ3n) is 3.78. The van der Waals surface area contributed by atoms with Crippen molar-refractivity contribution < 1.29 is 23.8 Å². The minimum absolute atomic E-state index is 0.250. The van der Waals surface area contributed by atoms with Gasteiger partial charge >= 0.3 is 5.97 Å². The van der Waals surface area contributed by atoms with Crippen LogP contribution in [0.25, 0.3) is 0 Å². The number of carbonyl (C=O) groups excluding carboxylic acids is 2. The van der Waals surface area contributed by atoms with Crippen LogP contribution < -0.4 is 14.8 Å². The molecule has 0 radical (unpaired) electrons. The Morgan fingerprint density at radius 3 is 2.31 bits per heavy atom. The average molecular weight is 375 g/mol. The zero-order valence-electron chi connectivity index (χ0n) is 15.1. The second-order valence-corrected chi connectivity index (χ2v) is 6.15. The lowest BCUT2D eigenvalue weighted by molar-refractivity contribution is 0.0597. The van der Waals surface area contributed by atoms with Crippen molar-refractivity contribution in [1.29, 1.82) is 0 Å². The first-order valence-corrected chi connectivity index (χ1v) is 9.02. The number of ether oxygens (including phenoxy) is 3. The van der Waals surface area contributed by atoms with Crippen molar-refractivity contribution in [2.75, 3.05) is 27.6 Å². The van der Waals surface area contributed by atoms with E-state index in [1.54, 1.807) is 36.0 Å². The molecule has 1 amide bonds. The van der Waals surface area contributed by atoms with Gasteiger partial charge in [-0.1, -0.05) is 6.07 Å². The van der Waals surface area contributed by atoms with E-state index in [0.717, 1.165) is 10.5 Å². The van der Waals surface area contributed by atoms with E-state index < -0.39 is 5.97 Å². The van der Waals surface area contributed by atoms with E-state index >= 15 is 0 Å². The number of nitrogens with one attached hydrogen (secondary N) is 1. The lowest BCUT2D eigenvalue weighted by atomic mass is 10.1. The van der Waals surface area contributed by atoms with Crippen LogP contribution in [0.5, 0.6) is 11.5 Å². The van der Waals surface area contributed by atoms with Crippen molar-refractivity contribution in [2.45, 2.75) is 11.4 Å². The molecule has 0 unspecified atom stereocenters. The van der Waals surface area contributed by atoms with Crippen molar-refractivity contribution in [3.63, 3.8) is 0 Å². The minimum atomic E-state index is -0.496. The molecular weight excluding hydrogens is 354 g/mol. The smallest absolute Gasteiger partial charge is 0.341 e. The normalized spacial score (nSPS) is 10.2. The number of carbonyl (C=O) groups is 2. The highest BCUT2D eigenvalue weighted by atomic mass is 32.2. The number of hydrogen-bond donors (Lipinski definition) is 1. The summed E-state index contributed by atoms with van der Waals surface area (Å²) in [4.78, 5) is 25.3. The summed E-state index contributed by atoms with van der Waals surface area (Å²) in [6, 6.07) is 10.5. The molecule has 0 aliphatic rings. The van der Waals surface area contributed by atoms with Crippen LogP contribution >= 0.6 is 11.8 Å². The molecule has 0 saturated carbocycles. The first kappa shape index (κ1) is 19.7. The van der Waals surface area contributed by atoms with Gasteiger partial charge < -0.3 is 19.5 Å². The third kappa shape index (κ3) is 4.49. The second kappa shape index (κ2) is 9.15. The summed E-state index contributed by atoms with van der Waals surface area (Å²) in [5.41, 5.74) is 1.51. The Morgan fingerprint density at radius 1 is 0.962 bits per heavy atom. The van der Waals surface area contributed by atoms with Crippen LogP contribution in [0, 0.1) is 0 Å². The number of esters is 1. The van der Waals surface area contributed by atoms with Gasteiger partial charge in [-0.25, -0.2) is 4.79 Å². The molecule has 2 rings (SSSR count). The number of thioether (sulfide) groups is 1. The maximum Gasteiger partial charge on any atom is 0.341 e. The molecule has 0 aromatic heterocycles. The van der Waals surface area contributed by atoms with Gasteiger partial charge in [0.25, 0.3) is 5.91 Å². The summed E-state index contributed by atoms with van der Waals surface area (Å²) in [7, 11) is 4.32. The number of amides is 1.